The normalized spacial score (nSPS) is 29.6. The minimum Gasteiger partial charge on any atom is -0.436 e. The maximum atomic E-state index is 10.4. The molecule has 1 unspecified atom stereocenters. The summed E-state index contributed by atoms with van der Waals surface area (Å²) >= 11 is 0. The van der Waals surface area contributed by atoms with Gasteiger partial charge < -0.3 is 9.47 Å². The van der Waals surface area contributed by atoms with Gasteiger partial charge in [0.25, 0.3) is 0 Å². The lowest BCUT2D eigenvalue weighted by molar-refractivity contribution is -0.192. The van der Waals surface area contributed by atoms with Gasteiger partial charge >= 0.3 is 5.97 Å². The molecule has 0 spiro atoms. The Morgan fingerprint density at radius 1 is 1.75 bits per heavy atom. The Labute approximate surface area is 47.6 Å². The Bertz CT molecular complexity index is 99.8. The van der Waals surface area contributed by atoms with Gasteiger partial charge in [-0.25, -0.2) is 0 Å². The molecule has 0 bridgehead atoms. The summed E-state index contributed by atoms with van der Waals surface area (Å²) in [4.78, 5) is 10.4. The number of cyclic esters (lactones) is 1. The van der Waals surface area contributed by atoms with E-state index in [1.54, 1.807) is 6.92 Å². The molecule has 0 amide bonds. The van der Waals surface area contributed by atoms with E-state index in [-0.39, 0.29) is 12.3 Å². The highest BCUT2D eigenvalue weighted by atomic mass is 16.7. The van der Waals surface area contributed by atoms with Crippen LogP contribution in [-0.2, 0) is 14.3 Å². The first-order valence-corrected chi connectivity index (χ1v) is 2.60. The highest BCUT2D eigenvalue weighted by molar-refractivity contribution is 5.69. The standard InChI is InChI=1S/C5H8O3/c1-4-7-3-2-5(6)8-4/h4H,2-3H2,1H3. The number of hydrogen-bond acceptors (Lipinski definition) is 3. The van der Waals surface area contributed by atoms with Crippen LogP contribution in [0.2, 0.25) is 0 Å². The first-order valence-electron chi connectivity index (χ1n) is 2.60. The molecule has 1 heterocycles. The van der Waals surface area contributed by atoms with Crippen molar-refractivity contribution in [3.63, 3.8) is 0 Å². The fourth-order valence-electron chi connectivity index (χ4n) is 0.586. The van der Waals surface area contributed by atoms with Crippen LogP contribution in [0.3, 0.4) is 0 Å². The summed E-state index contributed by atoms with van der Waals surface area (Å²) in [5, 5.41) is 0. The Kier molecular flexibility index (Phi) is 1.48. The molecule has 0 N–H and O–H groups in total. The van der Waals surface area contributed by atoms with Crippen LogP contribution in [0.15, 0.2) is 0 Å². The van der Waals surface area contributed by atoms with Crippen LogP contribution in [0.1, 0.15) is 13.3 Å². The molecular formula is C5H8O3. The fraction of sp³-hybridized carbons (Fsp3) is 0.800. The molecule has 3 heteroatoms. The van der Waals surface area contributed by atoms with Crippen molar-refractivity contribution < 1.29 is 14.3 Å². The molecule has 1 atom stereocenters. The van der Waals surface area contributed by atoms with Crippen LogP contribution in [0.5, 0.6) is 0 Å². The van der Waals surface area contributed by atoms with Crippen molar-refractivity contribution in [1.82, 2.24) is 0 Å². The summed E-state index contributed by atoms with van der Waals surface area (Å²) in [6, 6.07) is 0. The summed E-state index contributed by atoms with van der Waals surface area (Å²) in [5.41, 5.74) is 0. The Balaban J connectivity index is 2.34. The number of carbonyl (C=O) groups excluding carboxylic acids is 1. The van der Waals surface area contributed by atoms with Gasteiger partial charge in [-0.3, -0.25) is 4.79 Å². The molecule has 0 aliphatic carbocycles. The van der Waals surface area contributed by atoms with Gasteiger partial charge in [-0.2, -0.15) is 0 Å². The van der Waals surface area contributed by atoms with E-state index in [1.807, 2.05) is 0 Å². The van der Waals surface area contributed by atoms with Gasteiger partial charge in [0.2, 0.25) is 0 Å². The summed E-state index contributed by atoms with van der Waals surface area (Å²) in [6.45, 7) is 2.21. The third-order valence-electron chi connectivity index (χ3n) is 0.956. The number of ether oxygens (including phenoxy) is 2. The Morgan fingerprint density at radius 2 is 2.50 bits per heavy atom. The molecular weight excluding hydrogens is 108 g/mol. The number of carbonyl (C=O) groups is 1. The topological polar surface area (TPSA) is 35.5 Å². The van der Waals surface area contributed by atoms with Crippen LogP contribution in [-0.4, -0.2) is 18.9 Å². The molecule has 1 saturated heterocycles. The van der Waals surface area contributed by atoms with Gasteiger partial charge in [0.05, 0.1) is 13.0 Å². The molecule has 1 fully saturated rings. The third kappa shape index (κ3) is 1.20. The third-order valence-corrected chi connectivity index (χ3v) is 0.956. The van der Waals surface area contributed by atoms with Gasteiger partial charge in [-0.05, 0) is 6.92 Å². The Hall–Kier alpha value is -0.570. The summed E-state index contributed by atoms with van der Waals surface area (Å²) in [6.07, 6.45) is 0.0564. The van der Waals surface area contributed by atoms with Crippen LogP contribution < -0.4 is 0 Å². The highest BCUT2D eigenvalue weighted by Crippen LogP contribution is 2.03. The van der Waals surface area contributed by atoms with Crippen LogP contribution in [0.25, 0.3) is 0 Å². The zero-order valence-electron chi connectivity index (χ0n) is 4.72. The van der Waals surface area contributed by atoms with E-state index >= 15 is 0 Å². The van der Waals surface area contributed by atoms with E-state index in [0.717, 1.165) is 0 Å². The lowest BCUT2D eigenvalue weighted by Crippen LogP contribution is -2.25. The lowest BCUT2D eigenvalue weighted by atomic mass is 10.4. The van der Waals surface area contributed by atoms with Crippen molar-refractivity contribution in [1.29, 1.82) is 0 Å². The predicted octanol–water partition coefficient (Wildman–Crippen LogP) is 0.296. The van der Waals surface area contributed by atoms with Crippen molar-refractivity contribution in [2.75, 3.05) is 6.61 Å². The smallest absolute Gasteiger partial charge is 0.310 e. The van der Waals surface area contributed by atoms with E-state index < -0.39 is 0 Å². The first kappa shape index (κ1) is 5.56. The average Bonchev–Trinajstić information content (AvgIpc) is 1.64. The maximum absolute atomic E-state index is 10.4. The molecule has 1 aliphatic heterocycles. The van der Waals surface area contributed by atoms with Crippen molar-refractivity contribution in [3.8, 4) is 0 Å². The number of hydrogen-bond donors (Lipinski definition) is 0. The monoisotopic (exact) mass is 116 g/mol. The van der Waals surface area contributed by atoms with Gasteiger partial charge in [0, 0.05) is 0 Å². The zero-order chi connectivity index (χ0) is 5.98. The van der Waals surface area contributed by atoms with Gasteiger partial charge in [-0.15, -0.1) is 0 Å². The summed E-state index contributed by atoms with van der Waals surface area (Å²) in [5.74, 6) is -0.163. The molecule has 0 aromatic heterocycles. The molecule has 3 nitrogen and oxygen atoms in total. The zero-order valence-corrected chi connectivity index (χ0v) is 4.72. The molecule has 0 aromatic carbocycles. The van der Waals surface area contributed by atoms with Crippen LogP contribution in [0, 0.1) is 0 Å². The maximum Gasteiger partial charge on any atom is 0.310 e. The van der Waals surface area contributed by atoms with Crippen molar-refractivity contribution >= 4 is 5.97 Å². The number of esters is 1. The summed E-state index contributed by atoms with van der Waals surface area (Å²) in [7, 11) is 0. The molecule has 1 rings (SSSR count). The van der Waals surface area contributed by atoms with E-state index in [4.69, 9.17) is 4.74 Å². The minimum atomic E-state index is -0.337. The van der Waals surface area contributed by atoms with Crippen molar-refractivity contribution in [2.45, 2.75) is 19.6 Å². The highest BCUT2D eigenvalue weighted by Gasteiger charge is 2.14. The van der Waals surface area contributed by atoms with E-state index in [2.05, 4.69) is 4.74 Å². The molecule has 0 saturated carbocycles. The van der Waals surface area contributed by atoms with Gasteiger partial charge in [0.15, 0.2) is 6.29 Å². The van der Waals surface area contributed by atoms with E-state index in [0.29, 0.717) is 13.0 Å². The van der Waals surface area contributed by atoms with E-state index in [9.17, 15) is 4.79 Å². The number of rotatable bonds is 0. The van der Waals surface area contributed by atoms with Gasteiger partial charge in [0.1, 0.15) is 0 Å². The first-order chi connectivity index (χ1) is 3.79. The Morgan fingerprint density at radius 3 is 2.88 bits per heavy atom. The summed E-state index contributed by atoms with van der Waals surface area (Å²) < 4.78 is 9.53. The molecule has 0 radical (unpaired) electrons. The second kappa shape index (κ2) is 2.13. The largest absolute Gasteiger partial charge is 0.436 e. The molecule has 46 valence electrons. The van der Waals surface area contributed by atoms with Gasteiger partial charge in [-0.1, -0.05) is 0 Å². The second-order valence-corrected chi connectivity index (χ2v) is 1.68. The van der Waals surface area contributed by atoms with Crippen LogP contribution in [0.4, 0.5) is 0 Å². The van der Waals surface area contributed by atoms with E-state index in [1.165, 1.54) is 0 Å². The lowest BCUT2D eigenvalue weighted by Gasteiger charge is -2.18. The SMILES string of the molecule is CC1OCCC(=O)O1. The molecule has 0 aromatic rings. The van der Waals surface area contributed by atoms with Crippen molar-refractivity contribution in [2.24, 2.45) is 0 Å². The van der Waals surface area contributed by atoms with Crippen LogP contribution >= 0.6 is 0 Å². The molecule has 8 heavy (non-hydrogen) atoms. The molecule has 1 aliphatic rings. The minimum absolute atomic E-state index is 0.163. The predicted molar refractivity (Wildman–Crippen MR) is 26.1 cm³/mol. The fourth-order valence-corrected chi connectivity index (χ4v) is 0.586. The second-order valence-electron chi connectivity index (χ2n) is 1.68. The van der Waals surface area contributed by atoms with Crippen molar-refractivity contribution in [3.05, 3.63) is 0 Å². The quantitative estimate of drug-likeness (QED) is 0.427. The average molecular weight is 116 g/mol.